The molecule has 3 N–H and O–H groups in total. The second kappa shape index (κ2) is 8.10. The van der Waals surface area contributed by atoms with Crippen molar-refractivity contribution in [3.8, 4) is 0 Å². The van der Waals surface area contributed by atoms with Gasteiger partial charge in [-0.05, 0) is 41.5 Å². The van der Waals surface area contributed by atoms with Gasteiger partial charge in [-0.3, -0.25) is 4.79 Å². The second-order valence-corrected chi connectivity index (χ2v) is 6.58. The zero-order valence-electron chi connectivity index (χ0n) is 14.7. The third kappa shape index (κ3) is 4.38. The van der Waals surface area contributed by atoms with E-state index in [4.69, 9.17) is 22.1 Å². The average molecular weight is 383 g/mol. The molecule has 5 nitrogen and oxygen atoms in total. The highest BCUT2D eigenvalue weighted by Gasteiger charge is 2.15. The first-order chi connectivity index (χ1) is 13.0. The Bertz CT molecular complexity index is 998. The normalized spacial score (nSPS) is 11.8. The van der Waals surface area contributed by atoms with Crippen molar-refractivity contribution in [1.82, 2.24) is 5.32 Å². The van der Waals surface area contributed by atoms with Crippen molar-refractivity contribution in [3.05, 3.63) is 76.8 Å². The van der Waals surface area contributed by atoms with E-state index in [1.165, 1.54) is 18.2 Å². The van der Waals surface area contributed by atoms with Crippen molar-refractivity contribution in [2.24, 2.45) is 0 Å². The minimum absolute atomic E-state index is 0.228. The molecule has 0 fully saturated rings. The van der Waals surface area contributed by atoms with E-state index in [-0.39, 0.29) is 29.8 Å². The molecule has 3 aromatic rings. The first-order valence-corrected chi connectivity index (χ1v) is 8.82. The molecule has 6 heteroatoms. The first kappa shape index (κ1) is 18.7. The summed E-state index contributed by atoms with van der Waals surface area (Å²) in [7, 11) is 0. The third-order valence-electron chi connectivity index (χ3n) is 4.23. The number of esters is 1. The van der Waals surface area contributed by atoms with Gasteiger partial charge in [0.05, 0.1) is 22.3 Å². The zero-order chi connectivity index (χ0) is 19.4. The molecule has 0 spiro atoms. The number of carbonyl (C=O) groups excluding carboxylic acids is 2. The highest BCUT2D eigenvalue weighted by molar-refractivity contribution is 6.33. The number of nitrogen functional groups attached to an aromatic ring is 1. The molecule has 0 heterocycles. The lowest BCUT2D eigenvalue weighted by atomic mass is 10.00. The molecular formula is C21H19ClN2O3. The van der Waals surface area contributed by atoms with E-state index in [9.17, 15) is 9.59 Å². The Kier molecular flexibility index (Phi) is 5.62. The summed E-state index contributed by atoms with van der Waals surface area (Å²) in [6.07, 6.45) is 0. The summed E-state index contributed by atoms with van der Waals surface area (Å²) in [5, 5.41) is 5.38. The highest BCUT2D eigenvalue weighted by Crippen LogP contribution is 2.24. The molecule has 27 heavy (non-hydrogen) atoms. The topological polar surface area (TPSA) is 81.4 Å². The molecule has 0 saturated heterocycles. The second-order valence-electron chi connectivity index (χ2n) is 6.17. The van der Waals surface area contributed by atoms with Crippen molar-refractivity contribution >= 4 is 39.9 Å². The van der Waals surface area contributed by atoms with Gasteiger partial charge in [0.25, 0.3) is 5.91 Å². The molecule has 0 aliphatic carbocycles. The Hall–Kier alpha value is -3.05. The van der Waals surface area contributed by atoms with Crippen molar-refractivity contribution < 1.29 is 14.3 Å². The maximum absolute atomic E-state index is 12.2. The van der Waals surface area contributed by atoms with E-state index in [1.54, 1.807) is 0 Å². The summed E-state index contributed by atoms with van der Waals surface area (Å²) < 4.78 is 5.06. The molecule has 1 amide bonds. The van der Waals surface area contributed by atoms with Gasteiger partial charge in [-0.25, -0.2) is 4.79 Å². The monoisotopic (exact) mass is 382 g/mol. The number of anilines is 1. The molecule has 0 aliphatic heterocycles. The SMILES string of the molecule is C[C@H](NC(=O)COC(=O)c1ccc(Cl)c(N)c1)c1cccc2ccccc12. The first-order valence-electron chi connectivity index (χ1n) is 8.45. The number of amides is 1. The van der Waals surface area contributed by atoms with Crippen LogP contribution >= 0.6 is 11.6 Å². The summed E-state index contributed by atoms with van der Waals surface area (Å²) >= 11 is 5.83. The van der Waals surface area contributed by atoms with Crippen LogP contribution in [0.3, 0.4) is 0 Å². The van der Waals surface area contributed by atoms with Gasteiger partial charge < -0.3 is 15.8 Å². The fourth-order valence-electron chi connectivity index (χ4n) is 2.87. The van der Waals surface area contributed by atoms with E-state index >= 15 is 0 Å². The van der Waals surface area contributed by atoms with Gasteiger partial charge in [-0.2, -0.15) is 0 Å². The number of benzene rings is 3. The number of hydrogen-bond acceptors (Lipinski definition) is 4. The number of rotatable bonds is 5. The van der Waals surface area contributed by atoms with Gasteiger partial charge in [0.2, 0.25) is 0 Å². The molecule has 3 aromatic carbocycles. The van der Waals surface area contributed by atoms with Gasteiger partial charge in [0.1, 0.15) is 0 Å². The molecule has 0 aromatic heterocycles. The fraction of sp³-hybridized carbons (Fsp3) is 0.143. The summed E-state index contributed by atoms with van der Waals surface area (Å²) in [6, 6.07) is 18.1. The minimum Gasteiger partial charge on any atom is -0.452 e. The van der Waals surface area contributed by atoms with Gasteiger partial charge in [0.15, 0.2) is 6.61 Å². The Morgan fingerprint density at radius 1 is 1.11 bits per heavy atom. The number of ether oxygens (including phenoxy) is 1. The molecular weight excluding hydrogens is 364 g/mol. The molecule has 1 atom stereocenters. The lowest BCUT2D eigenvalue weighted by Gasteiger charge is -2.16. The largest absolute Gasteiger partial charge is 0.452 e. The summed E-state index contributed by atoms with van der Waals surface area (Å²) in [5.41, 5.74) is 7.19. The summed E-state index contributed by atoms with van der Waals surface area (Å²) in [6.45, 7) is 1.51. The Labute approximate surface area is 162 Å². The van der Waals surface area contributed by atoms with Crippen LogP contribution in [-0.4, -0.2) is 18.5 Å². The van der Waals surface area contributed by atoms with Crippen LogP contribution in [0.4, 0.5) is 5.69 Å². The number of carbonyl (C=O) groups is 2. The summed E-state index contributed by atoms with van der Waals surface area (Å²) in [4.78, 5) is 24.2. The predicted octanol–water partition coefficient (Wildman–Crippen LogP) is 4.11. The zero-order valence-corrected chi connectivity index (χ0v) is 15.5. The number of nitrogens with two attached hydrogens (primary N) is 1. The highest BCUT2D eigenvalue weighted by atomic mass is 35.5. The molecule has 0 radical (unpaired) electrons. The minimum atomic E-state index is -0.633. The van der Waals surface area contributed by atoms with Crippen molar-refractivity contribution in [3.63, 3.8) is 0 Å². The number of nitrogens with one attached hydrogen (secondary N) is 1. The van der Waals surface area contributed by atoms with Gasteiger partial charge in [0, 0.05) is 0 Å². The van der Waals surface area contributed by atoms with E-state index in [1.807, 2.05) is 49.4 Å². The Balaban J connectivity index is 1.61. The number of hydrogen-bond donors (Lipinski definition) is 2. The van der Waals surface area contributed by atoms with Crippen LogP contribution in [0.15, 0.2) is 60.7 Å². The van der Waals surface area contributed by atoms with Crippen LogP contribution in [0, 0.1) is 0 Å². The third-order valence-corrected chi connectivity index (χ3v) is 4.58. The van der Waals surface area contributed by atoms with Gasteiger partial charge >= 0.3 is 5.97 Å². The predicted molar refractivity (Wildman–Crippen MR) is 107 cm³/mol. The quantitative estimate of drug-likeness (QED) is 0.514. The van der Waals surface area contributed by atoms with Crippen LogP contribution in [-0.2, 0) is 9.53 Å². The van der Waals surface area contributed by atoms with Gasteiger partial charge in [-0.1, -0.05) is 54.1 Å². The average Bonchev–Trinajstić information content (AvgIpc) is 2.67. The van der Waals surface area contributed by atoms with E-state index in [2.05, 4.69) is 5.32 Å². The molecule has 0 bridgehead atoms. The molecule has 0 saturated carbocycles. The van der Waals surface area contributed by atoms with Crippen LogP contribution in [0.2, 0.25) is 5.02 Å². The fourth-order valence-corrected chi connectivity index (χ4v) is 2.99. The van der Waals surface area contributed by atoms with Crippen molar-refractivity contribution in [2.45, 2.75) is 13.0 Å². The van der Waals surface area contributed by atoms with Gasteiger partial charge in [-0.15, -0.1) is 0 Å². The van der Waals surface area contributed by atoms with E-state index < -0.39 is 5.97 Å². The van der Waals surface area contributed by atoms with Crippen LogP contribution in [0.5, 0.6) is 0 Å². The smallest absolute Gasteiger partial charge is 0.338 e. The number of fused-ring (bicyclic) bond motifs is 1. The van der Waals surface area contributed by atoms with E-state index in [0.29, 0.717) is 5.02 Å². The molecule has 3 rings (SSSR count). The Morgan fingerprint density at radius 2 is 1.85 bits per heavy atom. The maximum Gasteiger partial charge on any atom is 0.338 e. The summed E-state index contributed by atoms with van der Waals surface area (Å²) in [5.74, 6) is -1.02. The standard InChI is InChI=1S/C21H19ClN2O3/c1-13(16-8-4-6-14-5-2-3-7-17(14)16)24-20(25)12-27-21(26)15-9-10-18(22)19(23)11-15/h2-11,13H,12,23H2,1H3,(H,24,25)/t13-/m0/s1. The van der Waals surface area contributed by atoms with Crippen molar-refractivity contribution in [1.29, 1.82) is 0 Å². The lowest BCUT2D eigenvalue weighted by Crippen LogP contribution is -2.31. The molecule has 0 unspecified atom stereocenters. The van der Waals surface area contributed by atoms with Crippen LogP contribution in [0.1, 0.15) is 28.9 Å². The molecule has 138 valence electrons. The molecule has 0 aliphatic rings. The lowest BCUT2D eigenvalue weighted by molar-refractivity contribution is -0.124. The van der Waals surface area contributed by atoms with Crippen LogP contribution in [0.25, 0.3) is 10.8 Å². The van der Waals surface area contributed by atoms with Crippen LogP contribution < -0.4 is 11.1 Å². The van der Waals surface area contributed by atoms with Crippen molar-refractivity contribution in [2.75, 3.05) is 12.3 Å². The van der Waals surface area contributed by atoms with E-state index in [0.717, 1.165) is 16.3 Å². The maximum atomic E-state index is 12.2. The number of halogens is 1. The Morgan fingerprint density at radius 3 is 2.63 bits per heavy atom.